The van der Waals surface area contributed by atoms with Crippen LogP contribution in [0.4, 0.5) is 5.13 Å². The van der Waals surface area contributed by atoms with Crippen molar-refractivity contribution in [3.05, 3.63) is 66.0 Å². The molecular weight excluding hydrogens is 450 g/mol. The zero-order valence-electron chi connectivity index (χ0n) is 18.6. The van der Waals surface area contributed by atoms with Crippen LogP contribution in [0.5, 0.6) is 5.75 Å². The Labute approximate surface area is 201 Å². The highest BCUT2D eigenvalue weighted by Crippen LogP contribution is 2.30. The predicted molar refractivity (Wildman–Crippen MR) is 132 cm³/mol. The van der Waals surface area contributed by atoms with Gasteiger partial charge >= 0.3 is 0 Å². The summed E-state index contributed by atoms with van der Waals surface area (Å²) in [6.07, 6.45) is 1.60. The number of hydrogen-bond acceptors (Lipinski definition) is 6. The van der Waals surface area contributed by atoms with Gasteiger partial charge in [-0.25, -0.2) is 4.98 Å². The van der Waals surface area contributed by atoms with Crippen LogP contribution in [-0.2, 0) is 9.59 Å². The van der Waals surface area contributed by atoms with Crippen LogP contribution < -0.4 is 10.1 Å². The van der Waals surface area contributed by atoms with E-state index in [1.54, 1.807) is 0 Å². The number of rotatable bonds is 7. The molecule has 34 heavy (non-hydrogen) atoms. The third-order valence-electron chi connectivity index (χ3n) is 5.96. The summed E-state index contributed by atoms with van der Waals surface area (Å²) >= 11 is 1.38. The fraction of sp³-hybridized carbons (Fsp3) is 0.269. The number of nitrogens with one attached hydrogen (secondary N) is 1. The molecule has 1 aliphatic rings. The highest BCUT2D eigenvalue weighted by Gasteiger charge is 2.27. The Morgan fingerprint density at radius 3 is 2.65 bits per heavy atom. The van der Waals surface area contributed by atoms with Gasteiger partial charge in [-0.3, -0.25) is 9.59 Å². The Morgan fingerprint density at radius 1 is 1.09 bits per heavy atom. The number of fused-ring (bicyclic) bond motifs is 1. The Balaban J connectivity index is 1.09. The largest absolute Gasteiger partial charge is 0.493 e. The first-order valence-corrected chi connectivity index (χ1v) is 12.2. The maximum absolute atomic E-state index is 12.8. The van der Waals surface area contributed by atoms with Gasteiger partial charge in [0.1, 0.15) is 17.0 Å². The Hall–Kier alpha value is -3.65. The van der Waals surface area contributed by atoms with Gasteiger partial charge in [0.2, 0.25) is 11.8 Å². The molecule has 174 valence electrons. The first-order valence-electron chi connectivity index (χ1n) is 11.4. The molecule has 1 N–H and O–H groups in total. The summed E-state index contributed by atoms with van der Waals surface area (Å²) in [4.78, 5) is 31.6. The summed E-state index contributed by atoms with van der Waals surface area (Å²) in [5.41, 5.74) is 1.51. The number of thiazole rings is 1. The third kappa shape index (κ3) is 5.12. The number of anilines is 1. The Bertz CT molecular complexity index is 1240. The molecule has 5 rings (SSSR count). The molecule has 8 heteroatoms. The summed E-state index contributed by atoms with van der Waals surface area (Å²) in [5, 5.41) is 6.39. The van der Waals surface area contributed by atoms with E-state index in [-0.39, 0.29) is 17.7 Å². The van der Waals surface area contributed by atoms with Crippen molar-refractivity contribution in [2.24, 2.45) is 5.92 Å². The number of carbonyl (C=O) groups is 2. The van der Waals surface area contributed by atoms with E-state index in [0.29, 0.717) is 55.5 Å². The first kappa shape index (κ1) is 22.2. The minimum Gasteiger partial charge on any atom is -0.493 e. The molecule has 3 heterocycles. The molecule has 1 saturated heterocycles. The van der Waals surface area contributed by atoms with Crippen molar-refractivity contribution in [2.75, 3.05) is 25.0 Å². The van der Waals surface area contributed by atoms with E-state index in [1.807, 2.05) is 70.9 Å². The SMILES string of the molecule is O=C(Nc1nc(-c2cc3ccccc3o2)cs1)C1CCN(C(=O)CCOc2ccccc2)CC1. The predicted octanol–water partition coefficient (Wildman–Crippen LogP) is 5.20. The number of likely N-dealkylation sites (tertiary alicyclic amines) is 1. The molecule has 0 unspecified atom stereocenters. The van der Waals surface area contributed by atoms with Crippen molar-refractivity contribution in [1.82, 2.24) is 9.88 Å². The van der Waals surface area contributed by atoms with Crippen LogP contribution >= 0.6 is 11.3 Å². The highest BCUT2D eigenvalue weighted by atomic mass is 32.1. The van der Waals surface area contributed by atoms with Crippen molar-refractivity contribution < 1.29 is 18.7 Å². The lowest BCUT2D eigenvalue weighted by molar-refractivity contribution is -0.135. The minimum atomic E-state index is -0.136. The quantitative estimate of drug-likeness (QED) is 0.397. The van der Waals surface area contributed by atoms with E-state index in [0.717, 1.165) is 16.7 Å². The maximum atomic E-state index is 12.8. The van der Waals surface area contributed by atoms with Crippen molar-refractivity contribution in [3.63, 3.8) is 0 Å². The second kappa shape index (κ2) is 10.1. The number of piperidine rings is 1. The molecule has 4 aromatic rings. The Morgan fingerprint density at radius 2 is 1.85 bits per heavy atom. The van der Waals surface area contributed by atoms with Crippen LogP contribution in [0, 0.1) is 5.92 Å². The van der Waals surface area contributed by atoms with Gasteiger partial charge < -0.3 is 19.4 Å². The van der Waals surface area contributed by atoms with Crippen LogP contribution in [0.25, 0.3) is 22.4 Å². The molecule has 0 aliphatic carbocycles. The van der Waals surface area contributed by atoms with Crippen molar-refractivity contribution in [2.45, 2.75) is 19.3 Å². The van der Waals surface area contributed by atoms with Gasteiger partial charge in [0.05, 0.1) is 13.0 Å². The number of aromatic nitrogens is 1. The fourth-order valence-corrected chi connectivity index (χ4v) is 4.78. The lowest BCUT2D eigenvalue weighted by Crippen LogP contribution is -2.41. The van der Waals surface area contributed by atoms with Crippen LogP contribution in [0.3, 0.4) is 0 Å². The zero-order chi connectivity index (χ0) is 23.3. The van der Waals surface area contributed by atoms with Crippen molar-refractivity contribution >= 4 is 39.3 Å². The number of para-hydroxylation sites is 2. The third-order valence-corrected chi connectivity index (χ3v) is 6.72. The van der Waals surface area contributed by atoms with Gasteiger partial charge in [0.15, 0.2) is 10.9 Å². The molecular formula is C26H25N3O4S. The second-order valence-electron chi connectivity index (χ2n) is 8.24. The molecule has 1 aliphatic heterocycles. The minimum absolute atomic E-state index is 0.0509. The average Bonchev–Trinajstić information content (AvgIpc) is 3.51. The lowest BCUT2D eigenvalue weighted by atomic mass is 9.96. The molecule has 2 amide bonds. The molecule has 2 aromatic carbocycles. The summed E-state index contributed by atoms with van der Waals surface area (Å²) < 4.78 is 11.5. The molecule has 1 fully saturated rings. The van der Waals surface area contributed by atoms with E-state index < -0.39 is 0 Å². The molecule has 7 nitrogen and oxygen atoms in total. The Kier molecular flexibility index (Phi) is 6.58. The molecule has 2 aromatic heterocycles. The number of ether oxygens (including phenoxy) is 1. The smallest absolute Gasteiger partial charge is 0.229 e. The maximum Gasteiger partial charge on any atom is 0.229 e. The molecule has 0 saturated carbocycles. The van der Waals surface area contributed by atoms with Crippen molar-refractivity contribution in [3.8, 4) is 17.2 Å². The first-order chi connectivity index (χ1) is 16.7. The van der Waals surface area contributed by atoms with Gasteiger partial charge in [-0.2, -0.15) is 0 Å². The number of benzene rings is 2. The van der Waals surface area contributed by atoms with E-state index in [1.165, 1.54) is 11.3 Å². The topological polar surface area (TPSA) is 84.7 Å². The average molecular weight is 476 g/mol. The van der Waals surface area contributed by atoms with Gasteiger partial charge in [0.25, 0.3) is 0 Å². The number of furan rings is 1. The molecule has 0 atom stereocenters. The number of carbonyl (C=O) groups excluding carboxylic acids is 2. The lowest BCUT2D eigenvalue weighted by Gasteiger charge is -2.31. The van der Waals surface area contributed by atoms with E-state index in [4.69, 9.17) is 9.15 Å². The summed E-state index contributed by atoms with van der Waals surface area (Å²) in [6.45, 7) is 1.50. The van der Waals surface area contributed by atoms with Crippen LogP contribution in [-0.4, -0.2) is 41.4 Å². The number of amides is 2. The van der Waals surface area contributed by atoms with Gasteiger partial charge in [-0.1, -0.05) is 36.4 Å². The van der Waals surface area contributed by atoms with E-state index >= 15 is 0 Å². The number of nitrogens with zero attached hydrogens (tertiary/aromatic N) is 2. The van der Waals surface area contributed by atoms with Crippen LogP contribution in [0.1, 0.15) is 19.3 Å². The summed E-state index contributed by atoms with van der Waals surface area (Å²) in [5.74, 6) is 1.32. The highest BCUT2D eigenvalue weighted by molar-refractivity contribution is 7.14. The van der Waals surface area contributed by atoms with Crippen LogP contribution in [0.15, 0.2) is 70.5 Å². The number of hydrogen-bond donors (Lipinski definition) is 1. The monoisotopic (exact) mass is 475 g/mol. The standard InChI is InChI=1S/C26H25N3O4S/c30-24(12-15-32-20-7-2-1-3-8-20)29-13-10-18(11-14-29)25(31)28-26-27-21(17-34-26)23-16-19-6-4-5-9-22(19)33-23/h1-9,16-18H,10-15H2,(H,27,28,31). The zero-order valence-corrected chi connectivity index (χ0v) is 19.4. The van der Waals surface area contributed by atoms with E-state index in [9.17, 15) is 9.59 Å². The van der Waals surface area contributed by atoms with Gasteiger partial charge in [-0.15, -0.1) is 11.3 Å². The van der Waals surface area contributed by atoms with Gasteiger partial charge in [0, 0.05) is 29.8 Å². The molecule has 0 spiro atoms. The second-order valence-corrected chi connectivity index (χ2v) is 9.10. The molecule has 0 radical (unpaired) electrons. The van der Waals surface area contributed by atoms with E-state index in [2.05, 4.69) is 10.3 Å². The van der Waals surface area contributed by atoms with Gasteiger partial charge in [-0.05, 0) is 37.1 Å². The summed E-state index contributed by atoms with van der Waals surface area (Å²) in [7, 11) is 0. The normalized spacial score (nSPS) is 14.3. The summed E-state index contributed by atoms with van der Waals surface area (Å²) in [6, 6.07) is 19.2. The molecule has 0 bridgehead atoms. The van der Waals surface area contributed by atoms with Crippen molar-refractivity contribution in [1.29, 1.82) is 0 Å². The fourth-order valence-electron chi connectivity index (χ4n) is 4.08. The van der Waals surface area contributed by atoms with Crippen LogP contribution in [0.2, 0.25) is 0 Å².